The first kappa shape index (κ1) is 11.4. The van der Waals surface area contributed by atoms with E-state index in [0.717, 1.165) is 16.5 Å². The van der Waals surface area contributed by atoms with Crippen LogP contribution in [0.15, 0.2) is 28.7 Å². The number of hydrogen-bond donors (Lipinski definition) is 0. The average molecular weight is 255 g/mol. The third kappa shape index (κ3) is 2.95. The third-order valence-corrected chi connectivity index (χ3v) is 2.88. The standard InChI is InChI=1S/C12H15BrO/c1-3-4-12(14)9(2)10-5-7-11(13)8-6-10/h5-9H,3-4H2,1-2H3. The lowest BCUT2D eigenvalue weighted by atomic mass is 9.94. The molecule has 0 aromatic heterocycles. The highest BCUT2D eigenvalue weighted by molar-refractivity contribution is 9.10. The van der Waals surface area contributed by atoms with Crippen molar-refractivity contribution >= 4 is 21.7 Å². The molecule has 0 heterocycles. The van der Waals surface area contributed by atoms with E-state index in [1.54, 1.807) is 0 Å². The molecule has 0 bridgehead atoms. The third-order valence-electron chi connectivity index (χ3n) is 2.35. The molecule has 1 unspecified atom stereocenters. The van der Waals surface area contributed by atoms with Gasteiger partial charge in [-0.2, -0.15) is 0 Å². The first-order valence-corrected chi connectivity index (χ1v) is 5.72. The zero-order valence-electron chi connectivity index (χ0n) is 8.59. The predicted octanol–water partition coefficient (Wildman–Crippen LogP) is 3.92. The van der Waals surface area contributed by atoms with Gasteiger partial charge in [-0.25, -0.2) is 0 Å². The average Bonchev–Trinajstić information content (AvgIpc) is 2.18. The molecular weight excluding hydrogens is 240 g/mol. The van der Waals surface area contributed by atoms with Crippen LogP contribution in [0, 0.1) is 0 Å². The zero-order valence-corrected chi connectivity index (χ0v) is 10.2. The number of carbonyl (C=O) groups excluding carboxylic acids is 1. The fourth-order valence-electron chi connectivity index (χ4n) is 1.40. The fraction of sp³-hybridized carbons (Fsp3) is 0.417. The lowest BCUT2D eigenvalue weighted by Crippen LogP contribution is -2.08. The van der Waals surface area contributed by atoms with E-state index < -0.39 is 0 Å². The first-order valence-electron chi connectivity index (χ1n) is 4.93. The number of carbonyl (C=O) groups is 1. The summed E-state index contributed by atoms with van der Waals surface area (Å²) in [6.07, 6.45) is 1.61. The Balaban J connectivity index is 2.73. The highest BCUT2D eigenvalue weighted by atomic mass is 79.9. The minimum absolute atomic E-state index is 0.0306. The van der Waals surface area contributed by atoms with Crippen LogP contribution in [-0.4, -0.2) is 5.78 Å². The van der Waals surface area contributed by atoms with E-state index in [-0.39, 0.29) is 5.92 Å². The molecule has 14 heavy (non-hydrogen) atoms. The number of rotatable bonds is 4. The molecule has 0 N–H and O–H groups in total. The van der Waals surface area contributed by atoms with Crippen molar-refractivity contribution in [3.8, 4) is 0 Å². The Kier molecular flexibility index (Phi) is 4.33. The summed E-state index contributed by atoms with van der Waals surface area (Å²) in [6.45, 7) is 4.01. The lowest BCUT2D eigenvalue weighted by Gasteiger charge is -2.09. The van der Waals surface area contributed by atoms with Crippen molar-refractivity contribution < 1.29 is 4.79 Å². The topological polar surface area (TPSA) is 17.1 Å². The van der Waals surface area contributed by atoms with E-state index in [4.69, 9.17) is 0 Å². The van der Waals surface area contributed by atoms with Gasteiger partial charge in [-0.3, -0.25) is 4.79 Å². The molecule has 1 aromatic carbocycles. The molecule has 0 saturated carbocycles. The highest BCUT2D eigenvalue weighted by Crippen LogP contribution is 2.20. The van der Waals surface area contributed by atoms with Crippen LogP contribution in [0.1, 0.15) is 38.2 Å². The summed E-state index contributed by atoms with van der Waals surface area (Å²) in [6, 6.07) is 7.96. The van der Waals surface area contributed by atoms with Gasteiger partial charge in [-0.05, 0) is 24.1 Å². The molecule has 0 aliphatic carbocycles. The molecule has 1 aromatic rings. The molecule has 2 heteroatoms. The molecule has 0 fully saturated rings. The van der Waals surface area contributed by atoms with Crippen LogP contribution < -0.4 is 0 Å². The van der Waals surface area contributed by atoms with Crippen molar-refractivity contribution in [2.24, 2.45) is 0 Å². The number of benzene rings is 1. The minimum Gasteiger partial charge on any atom is -0.299 e. The van der Waals surface area contributed by atoms with E-state index in [1.807, 2.05) is 38.1 Å². The van der Waals surface area contributed by atoms with Crippen molar-refractivity contribution in [1.29, 1.82) is 0 Å². The summed E-state index contributed by atoms with van der Waals surface area (Å²) >= 11 is 3.38. The molecule has 1 nitrogen and oxygen atoms in total. The first-order chi connectivity index (χ1) is 6.65. The zero-order chi connectivity index (χ0) is 10.6. The van der Waals surface area contributed by atoms with E-state index in [2.05, 4.69) is 15.9 Å². The van der Waals surface area contributed by atoms with E-state index >= 15 is 0 Å². The quantitative estimate of drug-likeness (QED) is 0.796. The lowest BCUT2D eigenvalue weighted by molar-refractivity contribution is -0.120. The summed E-state index contributed by atoms with van der Waals surface area (Å²) in [7, 11) is 0. The van der Waals surface area contributed by atoms with E-state index in [0.29, 0.717) is 12.2 Å². The number of hydrogen-bond acceptors (Lipinski definition) is 1. The van der Waals surface area contributed by atoms with Gasteiger partial charge in [0.1, 0.15) is 5.78 Å². The SMILES string of the molecule is CCCC(=O)C(C)c1ccc(Br)cc1. The fourth-order valence-corrected chi connectivity index (χ4v) is 1.66. The molecule has 0 saturated heterocycles. The molecular formula is C12H15BrO. The maximum atomic E-state index is 11.6. The van der Waals surface area contributed by atoms with Crippen LogP contribution in [-0.2, 0) is 4.79 Å². The molecule has 0 spiro atoms. The number of Topliss-reactive ketones (excluding diaryl/α,β-unsaturated/α-hetero) is 1. The van der Waals surface area contributed by atoms with Crippen LogP contribution in [0.25, 0.3) is 0 Å². The summed E-state index contributed by atoms with van der Waals surface area (Å²) in [4.78, 5) is 11.6. The monoisotopic (exact) mass is 254 g/mol. The molecule has 0 amide bonds. The van der Waals surface area contributed by atoms with Crippen LogP contribution in [0.2, 0.25) is 0 Å². The molecule has 1 rings (SSSR count). The van der Waals surface area contributed by atoms with Gasteiger partial charge in [0.25, 0.3) is 0 Å². The van der Waals surface area contributed by atoms with E-state index in [9.17, 15) is 4.79 Å². The van der Waals surface area contributed by atoms with Crippen LogP contribution in [0.4, 0.5) is 0 Å². The second kappa shape index (κ2) is 5.30. The van der Waals surface area contributed by atoms with Gasteiger partial charge < -0.3 is 0 Å². The van der Waals surface area contributed by atoms with E-state index in [1.165, 1.54) is 0 Å². The molecule has 0 aliphatic heterocycles. The Bertz CT molecular complexity index is 303. The molecule has 76 valence electrons. The summed E-state index contributed by atoms with van der Waals surface area (Å²) in [5.41, 5.74) is 1.10. The molecule has 1 atom stereocenters. The predicted molar refractivity (Wildman–Crippen MR) is 62.5 cm³/mol. The summed E-state index contributed by atoms with van der Waals surface area (Å²) in [5.74, 6) is 0.359. The number of ketones is 1. The second-order valence-corrected chi connectivity index (χ2v) is 4.41. The van der Waals surface area contributed by atoms with Gasteiger partial charge in [0.15, 0.2) is 0 Å². The number of halogens is 1. The Hall–Kier alpha value is -0.630. The van der Waals surface area contributed by atoms with Gasteiger partial charge >= 0.3 is 0 Å². The second-order valence-electron chi connectivity index (χ2n) is 3.49. The summed E-state index contributed by atoms with van der Waals surface area (Å²) in [5, 5.41) is 0. The van der Waals surface area contributed by atoms with Crippen LogP contribution >= 0.6 is 15.9 Å². The minimum atomic E-state index is 0.0306. The van der Waals surface area contributed by atoms with Gasteiger partial charge in [-0.15, -0.1) is 0 Å². The molecule has 0 aliphatic rings. The van der Waals surface area contributed by atoms with Gasteiger partial charge in [0.2, 0.25) is 0 Å². The largest absolute Gasteiger partial charge is 0.299 e. The molecule has 0 radical (unpaired) electrons. The van der Waals surface area contributed by atoms with Gasteiger partial charge in [0.05, 0.1) is 0 Å². The maximum Gasteiger partial charge on any atom is 0.140 e. The van der Waals surface area contributed by atoms with Gasteiger partial charge in [0, 0.05) is 16.8 Å². The maximum absolute atomic E-state index is 11.6. The van der Waals surface area contributed by atoms with Crippen LogP contribution in [0.5, 0.6) is 0 Å². The van der Waals surface area contributed by atoms with Crippen molar-refractivity contribution in [2.45, 2.75) is 32.6 Å². The summed E-state index contributed by atoms with van der Waals surface area (Å²) < 4.78 is 1.05. The van der Waals surface area contributed by atoms with Crippen molar-refractivity contribution in [1.82, 2.24) is 0 Å². The Labute approximate surface area is 93.7 Å². The van der Waals surface area contributed by atoms with Gasteiger partial charge in [-0.1, -0.05) is 41.9 Å². The van der Waals surface area contributed by atoms with Crippen molar-refractivity contribution in [3.05, 3.63) is 34.3 Å². The normalized spacial score (nSPS) is 12.5. The van der Waals surface area contributed by atoms with Crippen LogP contribution in [0.3, 0.4) is 0 Å². The Morgan fingerprint density at radius 2 is 1.93 bits per heavy atom. The highest BCUT2D eigenvalue weighted by Gasteiger charge is 2.13. The van der Waals surface area contributed by atoms with Crippen molar-refractivity contribution in [2.75, 3.05) is 0 Å². The van der Waals surface area contributed by atoms with Crippen molar-refractivity contribution in [3.63, 3.8) is 0 Å². The Morgan fingerprint density at radius 3 is 2.43 bits per heavy atom. The smallest absolute Gasteiger partial charge is 0.140 e. The Morgan fingerprint density at radius 1 is 1.36 bits per heavy atom.